The van der Waals surface area contributed by atoms with Gasteiger partial charge >= 0.3 is 0 Å². The molecule has 1 aliphatic carbocycles. The highest BCUT2D eigenvalue weighted by Crippen LogP contribution is 2.19. The first-order valence-electron chi connectivity index (χ1n) is 7.95. The molecule has 0 fully saturated rings. The van der Waals surface area contributed by atoms with Crippen LogP contribution in [0.2, 0.25) is 0 Å². The molecule has 0 aliphatic heterocycles. The van der Waals surface area contributed by atoms with E-state index in [-0.39, 0.29) is 5.91 Å². The molecule has 0 spiro atoms. The number of pyridine rings is 1. The molecule has 2 N–H and O–H groups in total. The van der Waals surface area contributed by atoms with Crippen molar-refractivity contribution in [3.63, 3.8) is 0 Å². The van der Waals surface area contributed by atoms with E-state index < -0.39 is 0 Å². The summed E-state index contributed by atoms with van der Waals surface area (Å²) in [4.78, 5) is 16.2. The maximum absolute atomic E-state index is 12.0. The van der Waals surface area contributed by atoms with Crippen LogP contribution in [0.25, 0.3) is 0 Å². The summed E-state index contributed by atoms with van der Waals surface area (Å²) in [6.45, 7) is 3.73. The van der Waals surface area contributed by atoms with Gasteiger partial charge in [0.2, 0.25) is 0 Å². The van der Waals surface area contributed by atoms with Gasteiger partial charge in [0.15, 0.2) is 0 Å². The number of hydrogen-bond acceptors (Lipinski definition) is 3. The lowest BCUT2D eigenvalue weighted by molar-refractivity contribution is 0.0949. The van der Waals surface area contributed by atoms with Crippen LogP contribution in [0.3, 0.4) is 0 Å². The van der Waals surface area contributed by atoms with Gasteiger partial charge < -0.3 is 10.6 Å². The van der Waals surface area contributed by atoms with Crippen LogP contribution in [0.5, 0.6) is 0 Å². The Hall–Kier alpha value is -1.84. The van der Waals surface area contributed by atoms with Crippen LogP contribution >= 0.6 is 0 Å². The molecule has 1 aromatic rings. The van der Waals surface area contributed by atoms with Crippen LogP contribution in [-0.4, -0.2) is 24.0 Å². The van der Waals surface area contributed by atoms with Gasteiger partial charge in [-0.1, -0.05) is 18.6 Å². The fourth-order valence-electron chi connectivity index (χ4n) is 2.46. The summed E-state index contributed by atoms with van der Waals surface area (Å²) >= 11 is 0. The summed E-state index contributed by atoms with van der Waals surface area (Å²) in [5.74, 6) is -0.0894. The Morgan fingerprint density at radius 3 is 2.86 bits per heavy atom. The third-order valence-electron chi connectivity index (χ3n) is 3.69. The average molecular weight is 287 g/mol. The number of aromatic nitrogens is 1. The molecule has 4 nitrogen and oxygen atoms in total. The molecule has 114 valence electrons. The van der Waals surface area contributed by atoms with Gasteiger partial charge in [-0.05, 0) is 50.7 Å². The highest BCUT2D eigenvalue weighted by molar-refractivity contribution is 5.92. The van der Waals surface area contributed by atoms with Gasteiger partial charge in [-0.15, -0.1) is 0 Å². The van der Waals surface area contributed by atoms with Crippen LogP contribution in [-0.2, 0) is 0 Å². The monoisotopic (exact) mass is 287 g/mol. The fourth-order valence-corrected chi connectivity index (χ4v) is 2.46. The Labute approximate surface area is 127 Å². The molecule has 1 amide bonds. The standard InChI is InChI=1S/C17H25N3O/c1-2-11-18-15-8-9-16(20-13-15)17(21)19-12-10-14-6-4-3-5-7-14/h6,8-9,13,18H,2-5,7,10-12H2,1H3,(H,19,21). The largest absolute Gasteiger partial charge is 0.384 e. The second-order valence-corrected chi connectivity index (χ2v) is 5.47. The minimum Gasteiger partial charge on any atom is -0.384 e. The molecule has 0 saturated carbocycles. The predicted octanol–water partition coefficient (Wildman–Crippen LogP) is 3.52. The van der Waals surface area contributed by atoms with E-state index in [4.69, 9.17) is 0 Å². The summed E-state index contributed by atoms with van der Waals surface area (Å²) in [5, 5.41) is 6.19. The van der Waals surface area contributed by atoms with Crippen LogP contribution in [0, 0.1) is 0 Å². The number of amides is 1. The van der Waals surface area contributed by atoms with Crippen LogP contribution in [0.4, 0.5) is 5.69 Å². The molecule has 0 atom stereocenters. The van der Waals surface area contributed by atoms with E-state index in [0.29, 0.717) is 12.2 Å². The van der Waals surface area contributed by atoms with E-state index in [1.54, 1.807) is 12.3 Å². The minimum atomic E-state index is -0.0894. The molecule has 1 aliphatic rings. The number of hydrogen-bond donors (Lipinski definition) is 2. The van der Waals surface area contributed by atoms with E-state index in [9.17, 15) is 4.79 Å². The number of nitrogens with zero attached hydrogens (tertiary/aromatic N) is 1. The molecule has 4 heteroatoms. The lowest BCUT2D eigenvalue weighted by atomic mass is 9.97. The van der Waals surface area contributed by atoms with Gasteiger partial charge in [0.25, 0.3) is 5.91 Å². The van der Waals surface area contributed by atoms with E-state index in [1.807, 2.05) is 6.07 Å². The van der Waals surface area contributed by atoms with Gasteiger partial charge in [-0.2, -0.15) is 0 Å². The fraction of sp³-hybridized carbons (Fsp3) is 0.529. The summed E-state index contributed by atoms with van der Waals surface area (Å²) in [6.07, 6.45) is 11.0. The van der Waals surface area contributed by atoms with Gasteiger partial charge in [0.05, 0.1) is 11.9 Å². The second-order valence-electron chi connectivity index (χ2n) is 5.47. The first-order chi connectivity index (χ1) is 10.3. The SMILES string of the molecule is CCCNc1ccc(C(=O)NCCC2=CCCCC2)nc1. The summed E-state index contributed by atoms with van der Waals surface area (Å²) in [5.41, 5.74) is 2.92. The molecule has 0 radical (unpaired) electrons. The van der Waals surface area contributed by atoms with Gasteiger partial charge in [0, 0.05) is 13.1 Å². The van der Waals surface area contributed by atoms with E-state index in [2.05, 4.69) is 28.6 Å². The maximum Gasteiger partial charge on any atom is 0.269 e. The molecule has 1 heterocycles. The van der Waals surface area contributed by atoms with E-state index in [0.717, 1.165) is 25.1 Å². The first kappa shape index (κ1) is 15.5. The van der Waals surface area contributed by atoms with Gasteiger partial charge in [-0.25, -0.2) is 4.98 Å². The van der Waals surface area contributed by atoms with Crippen molar-refractivity contribution in [2.75, 3.05) is 18.4 Å². The quantitative estimate of drug-likeness (QED) is 0.754. The number of nitrogens with one attached hydrogen (secondary N) is 2. The number of allylic oxidation sites excluding steroid dienone is 1. The van der Waals surface area contributed by atoms with Crippen molar-refractivity contribution >= 4 is 11.6 Å². The zero-order valence-electron chi connectivity index (χ0n) is 12.8. The molecule has 0 unspecified atom stereocenters. The Balaban J connectivity index is 1.76. The highest BCUT2D eigenvalue weighted by atomic mass is 16.1. The molecule has 21 heavy (non-hydrogen) atoms. The molecule has 0 bridgehead atoms. The zero-order chi connectivity index (χ0) is 14.9. The topological polar surface area (TPSA) is 54.0 Å². The van der Waals surface area contributed by atoms with Crippen molar-refractivity contribution in [3.05, 3.63) is 35.7 Å². The molecular weight excluding hydrogens is 262 g/mol. The number of anilines is 1. The Morgan fingerprint density at radius 2 is 2.19 bits per heavy atom. The normalized spacial score (nSPS) is 14.4. The molecule has 0 saturated heterocycles. The van der Waals surface area contributed by atoms with Crippen molar-refractivity contribution in [3.8, 4) is 0 Å². The van der Waals surface area contributed by atoms with Crippen molar-refractivity contribution in [1.29, 1.82) is 0 Å². The minimum absolute atomic E-state index is 0.0894. The van der Waals surface area contributed by atoms with E-state index in [1.165, 1.54) is 31.3 Å². The predicted molar refractivity (Wildman–Crippen MR) is 86.5 cm³/mol. The Morgan fingerprint density at radius 1 is 1.29 bits per heavy atom. The summed E-state index contributed by atoms with van der Waals surface area (Å²) < 4.78 is 0. The molecule has 0 aromatic carbocycles. The average Bonchev–Trinajstić information content (AvgIpc) is 2.54. The second kappa shape index (κ2) is 8.45. The van der Waals surface area contributed by atoms with Crippen LogP contribution in [0.15, 0.2) is 30.0 Å². The molecular formula is C17H25N3O. The number of carbonyl (C=O) groups excluding carboxylic acids is 1. The van der Waals surface area contributed by atoms with E-state index >= 15 is 0 Å². The molecule has 2 rings (SSSR count). The lowest BCUT2D eigenvalue weighted by Gasteiger charge is -2.12. The van der Waals surface area contributed by atoms with Gasteiger partial charge in [0.1, 0.15) is 5.69 Å². The summed E-state index contributed by atoms with van der Waals surface area (Å²) in [6, 6.07) is 3.68. The van der Waals surface area contributed by atoms with Crippen molar-refractivity contribution in [2.24, 2.45) is 0 Å². The first-order valence-corrected chi connectivity index (χ1v) is 7.95. The van der Waals surface area contributed by atoms with Crippen molar-refractivity contribution in [2.45, 2.75) is 45.4 Å². The smallest absolute Gasteiger partial charge is 0.269 e. The number of carbonyl (C=O) groups is 1. The third-order valence-corrected chi connectivity index (χ3v) is 3.69. The summed E-state index contributed by atoms with van der Waals surface area (Å²) in [7, 11) is 0. The lowest BCUT2D eigenvalue weighted by Crippen LogP contribution is -2.25. The molecule has 1 aromatic heterocycles. The zero-order valence-corrected chi connectivity index (χ0v) is 12.8. The van der Waals surface area contributed by atoms with Gasteiger partial charge in [-0.3, -0.25) is 4.79 Å². The maximum atomic E-state index is 12.0. The van der Waals surface area contributed by atoms with Crippen molar-refractivity contribution in [1.82, 2.24) is 10.3 Å². The van der Waals surface area contributed by atoms with Crippen LogP contribution < -0.4 is 10.6 Å². The van der Waals surface area contributed by atoms with Crippen molar-refractivity contribution < 1.29 is 4.79 Å². The third kappa shape index (κ3) is 5.21. The Bertz CT molecular complexity index is 479. The number of rotatable bonds is 7. The van der Waals surface area contributed by atoms with Crippen LogP contribution in [0.1, 0.15) is 55.9 Å². The highest BCUT2D eigenvalue weighted by Gasteiger charge is 2.08. The Kier molecular flexibility index (Phi) is 6.25.